The zero-order valence-corrected chi connectivity index (χ0v) is 41.1. The highest BCUT2D eigenvalue weighted by Gasteiger charge is 2.24. The minimum atomic E-state index is -4.56. The molecule has 0 bridgehead atoms. The van der Waals surface area contributed by atoms with Crippen LogP contribution in [0.2, 0.25) is 0 Å². The van der Waals surface area contributed by atoms with E-state index in [4.69, 9.17) is 9.05 Å². The quantitative estimate of drug-likeness (QED) is 0.0273. The van der Waals surface area contributed by atoms with E-state index in [2.05, 4.69) is 55.6 Å². The highest BCUT2D eigenvalue weighted by Crippen LogP contribution is 2.38. The van der Waals surface area contributed by atoms with Crippen molar-refractivity contribution in [3.8, 4) is 0 Å². The number of rotatable bonds is 46. The van der Waals surface area contributed by atoms with Crippen LogP contribution in [0.4, 0.5) is 0 Å². The van der Waals surface area contributed by atoms with Crippen LogP contribution in [-0.4, -0.2) is 68.5 Å². The highest BCUT2D eigenvalue weighted by molar-refractivity contribution is 7.45. The molecule has 0 aromatic carbocycles. The molecule has 0 spiro atoms. The molecule has 1 amide bonds. The van der Waals surface area contributed by atoms with Gasteiger partial charge in [0.05, 0.1) is 39.9 Å². The van der Waals surface area contributed by atoms with Gasteiger partial charge in [0.2, 0.25) is 5.91 Å². The summed E-state index contributed by atoms with van der Waals surface area (Å²) in [7, 11) is 1.30. The molecule has 354 valence electrons. The first-order valence-electron chi connectivity index (χ1n) is 25.3. The van der Waals surface area contributed by atoms with E-state index < -0.39 is 20.0 Å². The molecule has 0 aliphatic heterocycles. The van der Waals surface area contributed by atoms with Gasteiger partial charge in [0, 0.05) is 6.42 Å². The van der Waals surface area contributed by atoms with Gasteiger partial charge < -0.3 is 28.8 Å². The summed E-state index contributed by atoms with van der Waals surface area (Å²) < 4.78 is 23.2. The average Bonchev–Trinajstić information content (AvgIpc) is 3.20. The molecule has 0 rings (SSSR count). The molecule has 0 aromatic rings. The van der Waals surface area contributed by atoms with Crippen LogP contribution in [0.3, 0.4) is 0 Å². The van der Waals surface area contributed by atoms with Crippen molar-refractivity contribution < 1.29 is 32.9 Å². The number of nitrogens with zero attached hydrogens (tertiary/aromatic N) is 1. The molecule has 0 heterocycles. The maximum atomic E-state index is 12.9. The number of phosphoric ester groups is 1. The summed E-state index contributed by atoms with van der Waals surface area (Å²) in [6.45, 7) is 4.69. The molecule has 3 unspecified atom stereocenters. The van der Waals surface area contributed by atoms with Crippen molar-refractivity contribution in [2.75, 3.05) is 40.9 Å². The Balaban J connectivity index is 4.03. The number of unbranched alkanes of at least 4 members (excludes halogenated alkanes) is 27. The number of aliphatic hydroxyl groups excluding tert-OH is 1. The normalized spacial score (nSPS) is 14.4. The van der Waals surface area contributed by atoms with Crippen LogP contribution in [-0.2, 0) is 18.4 Å². The lowest BCUT2D eigenvalue weighted by molar-refractivity contribution is -0.870. The van der Waals surface area contributed by atoms with Crippen molar-refractivity contribution in [2.45, 2.75) is 244 Å². The Hall–Kier alpha value is -1.28. The van der Waals surface area contributed by atoms with Gasteiger partial charge in [0.1, 0.15) is 13.2 Å². The second kappa shape index (κ2) is 43.0. The average molecular weight is 867 g/mol. The second-order valence-electron chi connectivity index (χ2n) is 18.5. The van der Waals surface area contributed by atoms with Crippen LogP contribution in [0.5, 0.6) is 0 Å². The molecule has 3 atom stereocenters. The Kier molecular flexibility index (Phi) is 42.1. The molecule has 0 aliphatic rings. The lowest BCUT2D eigenvalue weighted by atomic mass is 10.0. The van der Waals surface area contributed by atoms with Crippen LogP contribution >= 0.6 is 7.82 Å². The van der Waals surface area contributed by atoms with E-state index in [-0.39, 0.29) is 19.1 Å². The van der Waals surface area contributed by atoms with Gasteiger partial charge in [-0.3, -0.25) is 9.36 Å². The van der Waals surface area contributed by atoms with E-state index in [1.54, 1.807) is 0 Å². The molecule has 0 aromatic heterocycles. The molecule has 0 saturated carbocycles. The summed E-state index contributed by atoms with van der Waals surface area (Å²) in [5.74, 6) is -0.167. The zero-order chi connectivity index (χ0) is 44.3. The molecule has 2 N–H and O–H groups in total. The highest BCUT2D eigenvalue weighted by atomic mass is 31.2. The minimum absolute atomic E-state index is 0.0121. The Morgan fingerprint density at radius 2 is 0.967 bits per heavy atom. The third-order valence-corrected chi connectivity index (χ3v) is 12.3. The third kappa shape index (κ3) is 44.8. The Morgan fingerprint density at radius 3 is 1.40 bits per heavy atom. The van der Waals surface area contributed by atoms with Crippen LogP contribution in [0, 0.1) is 0 Å². The summed E-state index contributed by atoms with van der Waals surface area (Å²) in [6, 6.07) is -0.798. The van der Waals surface area contributed by atoms with E-state index in [9.17, 15) is 19.4 Å². The Bertz CT molecular complexity index is 1070. The van der Waals surface area contributed by atoms with Crippen molar-refractivity contribution >= 4 is 13.7 Å². The van der Waals surface area contributed by atoms with Crippen molar-refractivity contribution in [3.63, 3.8) is 0 Å². The van der Waals surface area contributed by atoms with Gasteiger partial charge in [0.15, 0.2) is 0 Å². The lowest BCUT2D eigenvalue weighted by Gasteiger charge is -2.30. The molecule has 0 aliphatic carbocycles. The molecule has 8 nitrogen and oxygen atoms in total. The predicted molar refractivity (Wildman–Crippen MR) is 256 cm³/mol. The van der Waals surface area contributed by atoms with Gasteiger partial charge in [-0.1, -0.05) is 211 Å². The SMILES string of the molecule is CCCCCCC/C=C\C/C=C\C/C=C\CCCCCCCCCCCCCCCCC(=O)NC(COP(=O)([O-])OCC[N+](C)(C)C)C(O)CCCCCCCCCCC. The number of aliphatic hydroxyl groups is 1. The molecule has 0 radical (unpaired) electrons. The number of carbonyl (C=O) groups excluding carboxylic acids is 1. The molecular formula is C51H99N2O6P. The van der Waals surface area contributed by atoms with Gasteiger partial charge in [-0.15, -0.1) is 0 Å². The largest absolute Gasteiger partial charge is 0.756 e. The van der Waals surface area contributed by atoms with E-state index in [1.807, 2.05) is 21.1 Å². The standard InChI is InChI=1S/C51H99N2O6P/c1-6-8-10-12-14-16-17-18-19-20-21-22-23-24-25-26-27-28-29-30-31-32-33-34-35-37-39-41-43-45-51(55)52-49(48-59-60(56,57)58-47-46-53(3,4)5)50(54)44-42-40-38-36-15-13-11-9-7-2/h17-18,20-21,23-24,49-50,54H,6-16,19,22,25-48H2,1-5H3,(H-,52,55,56,57)/b18-17-,21-20-,24-23-. The second-order valence-corrected chi connectivity index (χ2v) is 19.9. The van der Waals surface area contributed by atoms with Crippen molar-refractivity contribution in [1.29, 1.82) is 0 Å². The smallest absolute Gasteiger partial charge is 0.268 e. The number of hydrogen-bond acceptors (Lipinski definition) is 6. The lowest BCUT2D eigenvalue weighted by Crippen LogP contribution is -2.46. The van der Waals surface area contributed by atoms with Crippen LogP contribution in [0.25, 0.3) is 0 Å². The van der Waals surface area contributed by atoms with Crippen LogP contribution in [0.1, 0.15) is 232 Å². The number of nitrogens with one attached hydrogen (secondary N) is 1. The van der Waals surface area contributed by atoms with Crippen molar-refractivity contribution in [3.05, 3.63) is 36.5 Å². The summed E-state index contributed by atoms with van der Waals surface area (Å²) in [5.41, 5.74) is 0. The van der Waals surface area contributed by atoms with Gasteiger partial charge in [-0.2, -0.15) is 0 Å². The van der Waals surface area contributed by atoms with Gasteiger partial charge >= 0.3 is 0 Å². The van der Waals surface area contributed by atoms with Gasteiger partial charge in [-0.05, 0) is 51.4 Å². The number of hydrogen-bond donors (Lipinski definition) is 2. The van der Waals surface area contributed by atoms with Crippen LogP contribution < -0.4 is 10.2 Å². The molecular weight excluding hydrogens is 768 g/mol. The molecule has 60 heavy (non-hydrogen) atoms. The molecule has 0 fully saturated rings. The fourth-order valence-corrected chi connectivity index (χ4v) is 8.06. The number of quaternary nitrogens is 1. The number of amides is 1. The van der Waals surface area contributed by atoms with Crippen LogP contribution in [0.15, 0.2) is 36.5 Å². The molecule has 9 heteroatoms. The predicted octanol–water partition coefficient (Wildman–Crippen LogP) is 14.0. The van der Waals surface area contributed by atoms with E-state index in [0.29, 0.717) is 23.9 Å². The number of allylic oxidation sites excluding steroid dienone is 6. The fourth-order valence-electron chi connectivity index (χ4n) is 7.34. The number of likely N-dealkylation sites (N-methyl/N-ethyl adjacent to an activating group) is 1. The van der Waals surface area contributed by atoms with E-state index >= 15 is 0 Å². The fraction of sp³-hybridized carbons (Fsp3) is 0.863. The first-order chi connectivity index (χ1) is 29.0. The third-order valence-electron chi connectivity index (χ3n) is 11.4. The Labute approximate surface area is 372 Å². The van der Waals surface area contributed by atoms with E-state index in [1.165, 1.54) is 154 Å². The maximum Gasteiger partial charge on any atom is 0.268 e. The first kappa shape index (κ1) is 58.7. The van der Waals surface area contributed by atoms with Gasteiger partial charge in [0.25, 0.3) is 7.82 Å². The minimum Gasteiger partial charge on any atom is -0.756 e. The summed E-state index contributed by atoms with van der Waals surface area (Å²) in [5, 5.41) is 13.9. The monoisotopic (exact) mass is 867 g/mol. The van der Waals surface area contributed by atoms with Crippen molar-refractivity contribution in [1.82, 2.24) is 5.32 Å². The Morgan fingerprint density at radius 1 is 0.583 bits per heavy atom. The summed E-state index contributed by atoms with van der Waals surface area (Å²) in [6.07, 6.45) is 53.2. The topological polar surface area (TPSA) is 108 Å². The first-order valence-corrected chi connectivity index (χ1v) is 26.8. The van der Waals surface area contributed by atoms with Crippen molar-refractivity contribution in [2.24, 2.45) is 0 Å². The van der Waals surface area contributed by atoms with Gasteiger partial charge in [-0.25, -0.2) is 0 Å². The maximum absolute atomic E-state index is 12.9. The summed E-state index contributed by atoms with van der Waals surface area (Å²) >= 11 is 0. The number of phosphoric acid groups is 1. The molecule has 0 saturated heterocycles. The summed E-state index contributed by atoms with van der Waals surface area (Å²) in [4.78, 5) is 25.3. The zero-order valence-electron chi connectivity index (χ0n) is 40.2. The van der Waals surface area contributed by atoms with E-state index in [0.717, 1.165) is 51.4 Å². The number of carbonyl (C=O) groups is 1.